The summed E-state index contributed by atoms with van der Waals surface area (Å²) in [4.78, 5) is 31.6. The van der Waals surface area contributed by atoms with Gasteiger partial charge in [0, 0.05) is 0 Å². The van der Waals surface area contributed by atoms with E-state index in [1.54, 1.807) is 13.8 Å². The van der Waals surface area contributed by atoms with Crippen LogP contribution in [0, 0.1) is 15.2 Å². The van der Waals surface area contributed by atoms with Gasteiger partial charge in [0.2, 0.25) is 0 Å². The van der Waals surface area contributed by atoms with Crippen LogP contribution in [0.4, 0.5) is 0 Å². The fraction of sp³-hybridized carbons (Fsp3) is 0.857. The van der Waals surface area contributed by atoms with Gasteiger partial charge in [0.05, 0.1) is 5.41 Å². The van der Waals surface area contributed by atoms with Crippen molar-refractivity contribution in [3.8, 4) is 0 Å². The van der Waals surface area contributed by atoms with E-state index < -0.39 is 23.5 Å². The molecule has 0 aromatic heterocycles. The number of hydrogen-bond acceptors (Lipinski definition) is 6. The quantitative estimate of drug-likeness (QED) is 0.482. The van der Waals surface area contributed by atoms with Crippen molar-refractivity contribution in [3.05, 3.63) is 9.81 Å². The number of hydrogen-bond donors (Lipinski definition) is 0. The average molecular weight is 186 g/mol. The summed E-state index contributed by atoms with van der Waals surface area (Å²) in [5.74, 6) is -0.509. The molecular weight excluding hydrogens is 176 g/mol. The molecule has 1 rings (SSSR count). The number of esters is 1. The molecule has 6 heteroatoms. The van der Waals surface area contributed by atoms with Gasteiger partial charge in [-0.3, -0.25) is 4.79 Å². The fourth-order valence-electron chi connectivity index (χ4n) is 1.35. The van der Waals surface area contributed by atoms with Crippen molar-refractivity contribution in [2.45, 2.75) is 26.0 Å². The predicted molar refractivity (Wildman–Crippen MR) is 43.9 cm³/mol. The van der Waals surface area contributed by atoms with E-state index in [9.17, 15) is 14.6 Å². The van der Waals surface area contributed by atoms with Crippen molar-refractivity contribution >= 4 is 5.97 Å². The lowest BCUT2D eigenvalue weighted by molar-refractivity contribution is -0.147. The van der Waals surface area contributed by atoms with Crippen molar-refractivity contribution in [2.75, 3.05) is 6.54 Å². The predicted octanol–water partition coefficient (Wildman–Crippen LogP) is 0.839. The first-order valence-electron chi connectivity index (χ1n) is 3.86. The number of cyclic esters (lactones) is 1. The molecule has 6 nitrogen and oxygen atoms in total. The smallest absolute Gasteiger partial charge is 0.314 e. The molecule has 0 radical (unpaired) electrons. The lowest BCUT2D eigenvalue weighted by Crippen LogP contribution is -2.33. The van der Waals surface area contributed by atoms with Gasteiger partial charge in [-0.05, 0) is 13.8 Å². The molecule has 0 unspecified atom stereocenters. The fourth-order valence-corrected chi connectivity index (χ4v) is 1.35. The van der Waals surface area contributed by atoms with E-state index in [4.69, 9.17) is 4.74 Å². The Balaban J connectivity index is 2.87. The van der Waals surface area contributed by atoms with Gasteiger partial charge in [0.1, 0.15) is 12.6 Å². The first-order valence-corrected chi connectivity index (χ1v) is 3.86. The molecule has 72 valence electrons. The zero-order valence-corrected chi connectivity index (χ0v) is 7.39. The first kappa shape index (κ1) is 9.76. The summed E-state index contributed by atoms with van der Waals surface area (Å²) in [6.45, 7) is 2.91. The maximum Gasteiger partial charge on any atom is 0.314 e. The maximum atomic E-state index is 11.2. The van der Waals surface area contributed by atoms with Gasteiger partial charge in [-0.15, -0.1) is 0 Å². The summed E-state index contributed by atoms with van der Waals surface area (Å²) in [5, 5.41) is 5.39. The third-order valence-electron chi connectivity index (χ3n) is 2.24. The molecule has 0 aromatic rings. The summed E-state index contributed by atoms with van der Waals surface area (Å²) >= 11 is 0. The Morgan fingerprint density at radius 3 is 2.54 bits per heavy atom. The van der Waals surface area contributed by atoms with Crippen LogP contribution >= 0.6 is 0 Å². The van der Waals surface area contributed by atoms with E-state index >= 15 is 0 Å². The minimum atomic E-state index is -0.947. The largest absolute Gasteiger partial charge is 0.457 e. The SMILES string of the molecule is CC1(C)C(=O)O[C@H](CN=O)[C@H]1N=O. The van der Waals surface area contributed by atoms with E-state index in [1.165, 1.54) is 0 Å². The second-order valence-electron chi connectivity index (χ2n) is 3.53. The number of ether oxygens (including phenoxy) is 1. The first-order chi connectivity index (χ1) is 6.04. The number of carbonyl (C=O) groups is 1. The van der Waals surface area contributed by atoms with Crippen LogP contribution in [-0.2, 0) is 9.53 Å². The highest BCUT2D eigenvalue weighted by atomic mass is 16.6. The number of rotatable bonds is 3. The molecule has 0 N–H and O–H groups in total. The Bertz CT molecular complexity index is 251. The zero-order chi connectivity index (χ0) is 10.1. The van der Waals surface area contributed by atoms with E-state index in [0.717, 1.165) is 0 Å². The highest BCUT2D eigenvalue weighted by molar-refractivity contribution is 5.79. The van der Waals surface area contributed by atoms with Gasteiger partial charge in [-0.1, -0.05) is 10.4 Å². The summed E-state index contributed by atoms with van der Waals surface area (Å²) < 4.78 is 4.79. The molecule has 1 aliphatic rings. The number of carbonyl (C=O) groups excluding carboxylic acids is 1. The van der Waals surface area contributed by atoms with E-state index in [2.05, 4.69) is 10.4 Å². The van der Waals surface area contributed by atoms with Crippen LogP contribution in [-0.4, -0.2) is 24.7 Å². The lowest BCUT2D eigenvalue weighted by atomic mass is 9.85. The monoisotopic (exact) mass is 186 g/mol. The zero-order valence-electron chi connectivity index (χ0n) is 7.39. The van der Waals surface area contributed by atoms with Crippen LogP contribution in [0.25, 0.3) is 0 Å². The Kier molecular flexibility index (Phi) is 2.40. The molecule has 1 fully saturated rings. The second-order valence-corrected chi connectivity index (χ2v) is 3.53. The van der Waals surface area contributed by atoms with Crippen LogP contribution in [0.5, 0.6) is 0 Å². The van der Waals surface area contributed by atoms with Gasteiger partial charge >= 0.3 is 5.97 Å². The van der Waals surface area contributed by atoms with Gasteiger partial charge < -0.3 is 4.74 Å². The summed E-state index contributed by atoms with van der Waals surface area (Å²) in [7, 11) is 0. The minimum absolute atomic E-state index is 0.217. The highest BCUT2D eigenvalue weighted by Crippen LogP contribution is 2.35. The van der Waals surface area contributed by atoms with E-state index in [0.29, 0.717) is 0 Å². The molecule has 2 atom stereocenters. The topological polar surface area (TPSA) is 85.2 Å². The van der Waals surface area contributed by atoms with Crippen molar-refractivity contribution in [1.29, 1.82) is 0 Å². The molecule has 0 aromatic carbocycles. The van der Waals surface area contributed by atoms with E-state index in [-0.39, 0.29) is 6.54 Å². The van der Waals surface area contributed by atoms with Gasteiger partial charge in [-0.2, -0.15) is 9.81 Å². The minimum Gasteiger partial charge on any atom is -0.457 e. The molecule has 0 spiro atoms. The maximum absolute atomic E-state index is 11.2. The summed E-state index contributed by atoms with van der Waals surface area (Å²) in [5.41, 5.74) is -0.947. The van der Waals surface area contributed by atoms with Crippen molar-refractivity contribution in [2.24, 2.45) is 15.8 Å². The molecule has 1 saturated heterocycles. The Hall–Kier alpha value is -1.33. The van der Waals surface area contributed by atoms with Gasteiger partial charge in [-0.25, -0.2) is 0 Å². The van der Waals surface area contributed by atoms with Crippen molar-refractivity contribution < 1.29 is 9.53 Å². The molecule has 0 saturated carbocycles. The summed E-state index contributed by atoms with van der Waals surface area (Å²) in [6.07, 6.45) is -0.794. The normalized spacial score (nSPS) is 31.1. The molecule has 13 heavy (non-hydrogen) atoms. The molecule has 0 aliphatic carbocycles. The highest BCUT2D eigenvalue weighted by Gasteiger charge is 2.52. The third-order valence-corrected chi connectivity index (χ3v) is 2.24. The molecule has 1 aliphatic heterocycles. The molecule has 0 amide bonds. The standard InChI is InChI=1S/C7H10N2O4/c1-7(2)5(9-12)4(3-8-11)13-6(7)10/h4-5H,3H2,1-2H3/t4-,5-/m1/s1. The Labute approximate surface area is 74.6 Å². The van der Waals surface area contributed by atoms with Crippen LogP contribution in [0.15, 0.2) is 10.4 Å². The van der Waals surface area contributed by atoms with Crippen molar-refractivity contribution in [1.82, 2.24) is 0 Å². The Morgan fingerprint density at radius 1 is 1.46 bits per heavy atom. The molecule has 1 heterocycles. The van der Waals surface area contributed by atoms with Crippen LogP contribution < -0.4 is 0 Å². The van der Waals surface area contributed by atoms with Gasteiger partial charge in [0.25, 0.3) is 0 Å². The average Bonchev–Trinajstić information content (AvgIpc) is 2.24. The Morgan fingerprint density at radius 2 is 2.08 bits per heavy atom. The molecular formula is C7H10N2O4. The third kappa shape index (κ3) is 1.43. The van der Waals surface area contributed by atoms with E-state index in [1.807, 2.05) is 0 Å². The van der Waals surface area contributed by atoms with Gasteiger partial charge in [0.15, 0.2) is 6.10 Å². The van der Waals surface area contributed by atoms with Crippen LogP contribution in [0.2, 0.25) is 0 Å². The summed E-state index contributed by atoms with van der Waals surface area (Å²) in [6, 6.07) is -0.822. The number of nitroso groups, excluding NO2 is 2. The number of nitrogens with zero attached hydrogens (tertiary/aromatic N) is 2. The lowest BCUT2D eigenvalue weighted by Gasteiger charge is -2.16. The van der Waals surface area contributed by atoms with Crippen LogP contribution in [0.1, 0.15) is 13.8 Å². The van der Waals surface area contributed by atoms with Crippen molar-refractivity contribution in [3.63, 3.8) is 0 Å². The second kappa shape index (κ2) is 3.20. The van der Waals surface area contributed by atoms with Crippen LogP contribution in [0.3, 0.4) is 0 Å². The molecule has 0 bridgehead atoms.